The first kappa shape index (κ1) is 23.4. The second-order valence-electron chi connectivity index (χ2n) is 7.19. The quantitative estimate of drug-likeness (QED) is 0.542. The van der Waals surface area contributed by atoms with E-state index in [9.17, 15) is 13.2 Å². The van der Waals surface area contributed by atoms with Crippen molar-refractivity contribution in [2.45, 2.75) is 37.2 Å². The van der Waals surface area contributed by atoms with E-state index in [1.165, 1.54) is 4.31 Å². The van der Waals surface area contributed by atoms with Gasteiger partial charge in [-0.3, -0.25) is 4.79 Å². The molecule has 7 nitrogen and oxygen atoms in total. The van der Waals surface area contributed by atoms with Gasteiger partial charge in [-0.2, -0.15) is 4.31 Å². The lowest BCUT2D eigenvalue weighted by atomic mass is 10.2. The van der Waals surface area contributed by atoms with E-state index in [4.69, 9.17) is 21.1 Å². The number of sulfonamides is 1. The van der Waals surface area contributed by atoms with Crippen LogP contribution in [0, 0.1) is 0 Å². The molecule has 0 aliphatic carbocycles. The Morgan fingerprint density at radius 3 is 2.48 bits per heavy atom. The van der Waals surface area contributed by atoms with Gasteiger partial charge >= 0.3 is 0 Å². The van der Waals surface area contributed by atoms with Gasteiger partial charge in [-0.1, -0.05) is 24.6 Å². The summed E-state index contributed by atoms with van der Waals surface area (Å²) in [5.74, 6) is 0.838. The van der Waals surface area contributed by atoms with Crippen molar-refractivity contribution in [3.05, 3.63) is 53.6 Å². The van der Waals surface area contributed by atoms with Gasteiger partial charge in [0, 0.05) is 18.1 Å². The van der Waals surface area contributed by atoms with Crippen LogP contribution in [0.15, 0.2) is 53.4 Å². The number of amides is 1. The van der Waals surface area contributed by atoms with Gasteiger partial charge in [0.25, 0.3) is 5.91 Å². The van der Waals surface area contributed by atoms with E-state index in [0.717, 1.165) is 12.8 Å². The first-order chi connectivity index (χ1) is 14.9. The van der Waals surface area contributed by atoms with E-state index in [1.807, 2.05) is 6.92 Å². The summed E-state index contributed by atoms with van der Waals surface area (Å²) in [5, 5.41) is 3.33. The lowest BCUT2D eigenvalue weighted by Gasteiger charge is -2.17. The molecule has 2 aromatic rings. The molecule has 168 valence electrons. The van der Waals surface area contributed by atoms with Crippen LogP contribution in [0.4, 0.5) is 0 Å². The summed E-state index contributed by atoms with van der Waals surface area (Å²) in [5.41, 5.74) is 0. The number of hydrogen-bond donors (Lipinski definition) is 1. The Morgan fingerprint density at radius 2 is 1.84 bits per heavy atom. The molecule has 1 saturated heterocycles. The summed E-state index contributed by atoms with van der Waals surface area (Å²) in [7, 11) is -3.43. The van der Waals surface area contributed by atoms with Crippen molar-refractivity contribution in [2.75, 3.05) is 26.2 Å². The van der Waals surface area contributed by atoms with Crippen molar-refractivity contribution in [1.82, 2.24) is 9.62 Å². The fourth-order valence-corrected chi connectivity index (χ4v) is 4.97. The van der Waals surface area contributed by atoms with Crippen LogP contribution in [0.2, 0.25) is 5.02 Å². The van der Waals surface area contributed by atoms with Gasteiger partial charge < -0.3 is 14.8 Å². The molecule has 9 heteroatoms. The molecule has 1 heterocycles. The second-order valence-corrected chi connectivity index (χ2v) is 9.57. The molecule has 0 spiro atoms. The molecule has 0 aromatic heterocycles. The molecule has 31 heavy (non-hydrogen) atoms. The first-order valence-electron chi connectivity index (χ1n) is 10.3. The van der Waals surface area contributed by atoms with Crippen molar-refractivity contribution in [1.29, 1.82) is 0 Å². The normalized spacial score (nSPS) is 15.4. The summed E-state index contributed by atoms with van der Waals surface area (Å²) >= 11 is 5.95. The summed E-state index contributed by atoms with van der Waals surface area (Å²) in [6.45, 7) is 3.54. The third-order valence-corrected chi connectivity index (χ3v) is 7.08. The number of nitrogens with one attached hydrogen (secondary N) is 1. The zero-order chi connectivity index (χ0) is 22.3. The number of rotatable bonds is 10. The van der Waals surface area contributed by atoms with Gasteiger partial charge in [0.2, 0.25) is 10.0 Å². The number of nitrogens with zero attached hydrogens (tertiary/aromatic N) is 1. The highest BCUT2D eigenvalue weighted by Gasteiger charge is 2.27. The lowest BCUT2D eigenvalue weighted by Crippen LogP contribution is -2.39. The van der Waals surface area contributed by atoms with Gasteiger partial charge in [-0.25, -0.2) is 8.42 Å². The monoisotopic (exact) mass is 466 g/mol. The fraction of sp³-hybridized carbons (Fsp3) is 0.409. The maximum atomic E-state index is 12.5. The summed E-state index contributed by atoms with van der Waals surface area (Å²) < 4.78 is 37.9. The van der Waals surface area contributed by atoms with Crippen molar-refractivity contribution >= 4 is 27.5 Å². The Labute approximate surface area is 188 Å². The van der Waals surface area contributed by atoms with E-state index < -0.39 is 16.1 Å². The number of hydrogen-bond acceptors (Lipinski definition) is 5. The van der Waals surface area contributed by atoms with Crippen LogP contribution in [-0.2, 0) is 14.8 Å². The molecule has 1 aliphatic heterocycles. The van der Waals surface area contributed by atoms with Crippen LogP contribution in [0.1, 0.15) is 26.2 Å². The number of ether oxygens (including phenoxy) is 2. The van der Waals surface area contributed by atoms with E-state index >= 15 is 0 Å². The Balaban J connectivity index is 1.45. The Hall–Kier alpha value is -2.29. The highest BCUT2D eigenvalue weighted by Crippen LogP contribution is 2.23. The molecular formula is C22H27ClN2O5S. The van der Waals surface area contributed by atoms with Gasteiger partial charge in [0.05, 0.1) is 11.4 Å². The Morgan fingerprint density at radius 1 is 1.13 bits per heavy atom. The average molecular weight is 467 g/mol. The molecule has 2 aromatic carbocycles. The number of benzene rings is 2. The average Bonchev–Trinajstić information content (AvgIpc) is 3.31. The summed E-state index contributed by atoms with van der Waals surface area (Å²) in [6.07, 6.45) is 1.67. The minimum absolute atomic E-state index is 0.238. The minimum atomic E-state index is -3.43. The zero-order valence-corrected chi connectivity index (χ0v) is 19.0. The molecule has 1 atom stereocenters. The van der Waals surface area contributed by atoms with Crippen LogP contribution in [0.5, 0.6) is 11.5 Å². The van der Waals surface area contributed by atoms with Gasteiger partial charge in [-0.05, 0) is 61.7 Å². The predicted molar refractivity (Wildman–Crippen MR) is 119 cm³/mol. The van der Waals surface area contributed by atoms with E-state index in [0.29, 0.717) is 42.6 Å². The molecule has 1 amide bonds. The third kappa shape index (κ3) is 6.35. The van der Waals surface area contributed by atoms with Crippen LogP contribution in [0.3, 0.4) is 0 Å². The predicted octanol–water partition coefficient (Wildman–Crippen LogP) is 3.48. The first-order valence-corrected chi connectivity index (χ1v) is 12.1. The zero-order valence-electron chi connectivity index (χ0n) is 17.4. The molecular weight excluding hydrogens is 440 g/mol. The largest absolute Gasteiger partial charge is 0.492 e. The smallest absolute Gasteiger partial charge is 0.261 e. The number of halogens is 1. The molecule has 0 radical (unpaired) electrons. The molecule has 3 rings (SSSR count). The maximum absolute atomic E-state index is 12.5. The molecule has 0 saturated carbocycles. The van der Waals surface area contributed by atoms with Crippen LogP contribution in [-0.4, -0.2) is 51.0 Å². The van der Waals surface area contributed by atoms with Crippen molar-refractivity contribution < 1.29 is 22.7 Å². The lowest BCUT2D eigenvalue weighted by molar-refractivity contribution is -0.128. The minimum Gasteiger partial charge on any atom is -0.492 e. The number of carbonyl (C=O) groups is 1. The molecule has 0 bridgehead atoms. The summed E-state index contributed by atoms with van der Waals surface area (Å²) in [4.78, 5) is 12.6. The highest BCUT2D eigenvalue weighted by molar-refractivity contribution is 7.89. The fourth-order valence-electron chi connectivity index (χ4n) is 3.27. The molecule has 0 unspecified atom stereocenters. The Bertz CT molecular complexity index is 976. The second kappa shape index (κ2) is 10.8. The van der Waals surface area contributed by atoms with Crippen LogP contribution >= 0.6 is 11.6 Å². The molecule has 1 fully saturated rings. The van der Waals surface area contributed by atoms with E-state index in [-0.39, 0.29) is 17.4 Å². The number of carbonyl (C=O) groups excluding carboxylic acids is 1. The standard InChI is InChI=1S/C22H27ClN2O5S/c1-2-21(30-19-7-5-6-17(23)16-19)22(26)24-12-15-29-18-8-10-20(11-9-18)31(27,28)25-13-3-4-14-25/h5-11,16,21H,2-4,12-15H2,1H3,(H,24,26)/t21-/m1/s1. The summed E-state index contributed by atoms with van der Waals surface area (Å²) in [6, 6.07) is 13.3. The molecule has 1 N–H and O–H groups in total. The molecule has 1 aliphatic rings. The van der Waals surface area contributed by atoms with Gasteiger partial charge in [-0.15, -0.1) is 0 Å². The van der Waals surface area contributed by atoms with Crippen LogP contribution < -0.4 is 14.8 Å². The third-order valence-electron chi connectivity index (χ3n) is 4.93. The van der Waals surface area contributed by atoms with Crippen molar-refractivity contribution in [2.24, 2.45) is 0 Å². The highest BCUT2D eigenvalue weighted by atomic mass is 35.5. The maximum Gasteiger partial charge on any atom is 0.261 e. The van der Waals surface area contributed by atoms with Crippen LogP contribution in [0.25, 0.3) is 0 Å². The Kier molecular flexibility index (Phi) is 8.17. The van der Waals surface area contributed by atoms with Gasteiger partial charge in [0.15, 0.2) is 6.10 Å². The van der Waals surface area contributed by atoms with E-state index in [1.54, 1.807) is 48.5 Å². The van der Waals surface area contributed by atoms with Crippen molar-refractivity contribution in [3.8, 4) is 11.5 Å². The SMILES string of the molecule is CC[C@@H](Oc1cccc(Cl)c1)C(=O)NCCOc1ccc(S(=O)(=O)N2CCCC2)cc1. The van der Waals surface area contributed by atoms with Crippen molar-refractivity contribution in [3.63, 3.8) is 0 Å². The van der Waals surface area contributed by atoms with Gasteiger partial charge in [0.1, 0.15) is 18.1 Å². The van der Waals surface area contributed by atoms with E-state index in [2.05, 4.69) is 5.32 Å². The topological polar surface area (TPSA) is 84.9 Å².